The molecule has 2 rings (SSSR count). The van der Waals surface area contributed by atoms with Crippen molar-refractivity contribution >= 4 is 25.8 Å². The summed E-state index contributed by atoms with van der Waals surface area (Å²) >= 11 is 0. The lowest BCUT2D eigenvalue weighted by Gasteiger charge is -2.28. The molecule has 4 N–H and O–H groups in total. The summed E-state index contributed by atoms with van der Waals surface area (Å²) in [7, 11) is -7.90. The van der Waals surface area contributed by atoms with Crippen molar-refractivity contribution in [2.45, 2.75) is 37.3 Å². The first-order valence-corrected chi connectivity index (χ1v) is 13.1. The topological polar surface area (TPSA) is 181 Å². The van der Waals surface area contributed by atoms with E-state index in [9.17, 15) is 32.1 Å². The van der Waals surface area contributed by atoms with Crippen LogP contribution in [-0.4, -0.2) is 67.2 Å². The predicted octanol–water partition coefficient (Wildman–Crippen LogP) is 1.68. The molecule has 0 amide bonds. The molecule has 34 heavy (non-hydrogen) atoms. The van der Waals surface area contributed by atoms with Crippen LogP contribution in [0.5, 0.6) is 0 Å². The Bertz CT molecular complexity index is 1370. The number of rotatable bonds is 10. The van der Waals surface area contributed by atoms with Crippen molar-refractivity contribution < 1.29 is 38.3 Å². The molecule has 0 spiro atoms. The normalized spacial score (nSPS) is 15.8. The Morgan fingerprint density at radius 2 is 1.71 bits per heavy atom. The maximum atomic E-state index is 13.2. The maximum Gasteiger partial charge on any atom is 0.270 e. The molecule has 2 atom stereocenters. The lowest BCUT2D eigenvalue weighted by molar-refractivity contribution is -0.385. The standard InChI is InChI=1S/C20H27N3O5S.CH4O3S/c1-15(2)13-22(14-20(24)19(21)11-16-7-4-3-5-8-16)29(27,28)18-10-6-9-17(12-18)23(25)26;1-5(2,3)4/h3-10,12,15,19-20,24H,11,13-14,21H2,1-2H3;1H3,(H,2,3,4)/t19-,20+;/m0./s1/i3D,4D,5D,7D,8D;. The van der Waals surface area contributed by atoms with Crippen LogP contribution < -0.4 is 5.73 Å². The summed E-state index contributed by atoms with van der Waals surface area (Å²) in [5.74, 6) is -0.155. The molecule has 0 radical (unpaired) electrons. The molecule has 0 fully saturated rings. The van der Waals surface area contributed by atoms with Gasteiger partial charge in [-0.2, -0.15) is 12.7 Å². The minimum absolute atomic E-state index is 0.0104. The third-order valence-corrected chi connectivity index (χ3v) is 5.94. The number of aliphatic hydroxyl groups excluding tert-OH is 1. The molecule has 0 saturated carbocycles. The van der Waals surface area contributed by atoms with E-state index in [-0.39, 0.29) is 29.3 Å². The lowest BCUT2D eigenvalue weighted by Crippen LogP contribution is -2.47. The monoisotopic (exact) mass is 522 g/mol. The molecule has 0 bridgehead atoms. The first-order chi connectivity index (χ1) is 17.7. The van der Waals surface area contributed by atoms with Gasteiger partial charge >= 0.3 is 0 Å². The SMILES string of the molecule is CS(=O)(=O)O.[2H]c1c([2H])c([2H])c(C[C@H](N)[C@H](O)CN(CC(C)C)S(=O)(=O)c2cccc([N+](=O)[O-])c2)c([2H])c1[2H]. The number of nitrogens with two attached hydrogens (primary N) is 1. The zero-order valence-corrected chi connectivity index (χ0v) is 20.4. The molecule has 2 aromatic carbocycles. The average Bonchev–Trinajstić information content (AvgIpc) is 2.82. The van der Waals surface area contributed by atoms with Crippen molar-refractivity contribution in [3.8, 4) is 0 Å². The summed E-state index contributed by atoms with van der Waals surface area (Å²) in [5.41, 5.74) is 5.57. The molecule has 2 aromatic rings. The van der Waals surface area contributed by atoms with Crippen LogP contribution in [0.4, 0.5) is 5.69 Å². The van der Waals surface area contributed by atoms with Gasteiger partial charge in [-0.3, -0.25) is 14.7 Å². The number of nitrogens with zero attached hydrogens (tertiary/aromatic N) is 2. The summed E-state index contributed by atoms with van der Waals surface area (Å²) in [4.78, 5) is 10.0. The van der Waals surface area contributed by atoms with Crippen molar-refractivity contribution in [2.75, 3.05) is 19.3 Å². The van der Waals surface area contributed by atoms with Crippen molar-refractivity contribution in [1.82, 2.24) is 4.31 Å². The predicted molar refractivity (Wildman–Crippen MR) is 128 cm³/mol. The maximum absolute atomic E-state index is 13.2. The number of benzene rings is 2. The molecular weight excluding hydrogens is 486 g/mol. The van der Waals surface area contributed by atoms with Crippen LogP contribution in [0, 0.1) is 16.0 Å². The molecule has 0 aliphatic carbocycles. The molecule has 0 aliphatic heterocycles. The van der Waals surface area contributed by atoms with E-state index in [1.165, 1.54) is 12.1 Å². The van der Waals surface area contributed by atoms with Crippen LogP contribution in [0.25, 0.3) is 0 Å². The second-order valence-electron chi connectivity index (χ2n) is 7.74. The molecule has 0 heterocycles. The summed E-state index contributed by atoms with van der Waals surface area (Å²) in [6.07, 6.45) is -1.03. The zero-order valence-electron chi connectivity index (χ0n) is 23.8. The first kappa shape index (κ1) is 22.1. The first-order valence-electron chi connectivity index (χ1n) is 12.3. The number of hydrogen-bond acceptors (Lipinski definition) is 8. The van der Waals surface area contributed by atoms with E-state index < -0.39 is 79.7 Å². The molecule has 190 valence electrons. The van der Waals surface area contributed by atoms with E-state index in [0.29, 0.717) is 6.26 Å². The minimum atomic E-state index is -4.23. The van der Waals surface area contributed by atoms with E-state index in [4.69, 9.17) is 17.1 Å². The fraction of sp³-hybridized carbons (Fsp3) is 0.429. The van der Waals surface area contributed by atoms with Gasteiger partial charge in [0.05, 0.1) is 29.0 Å². The van der Waals surface area contributed by atoms with Gasteiger partial charge in [-0.15, -0.1) is 0 Å². The van der Waals surface area contributed by atoms with E-state index >= 15 is 0 Å². The van der Waals surface area contributed by atoms with Crippen LogP contribution in [0.1, 0.15) is 26.3 Å². The fourth-order valence-corrected chi connectivity index (χ4v) is 4.34. The number of aliphatic hydroxyl groups is 1. The number of nitro benzene ring substituents is 1. The Labute approximate surface area is 207 Å². The Balaban J connectivity index is 0.00000139. The van der Waals surface area contributed by atoms with Crippen LogP contribution in [0.3, 0.4) is 0 Å². The second-order valence-corrected chi connectivity index (χ2v) is 11.1. The molecule has 0 aromatic heterocycles. The van der Waals surface area contributed by atoms with Gasteiger partial charge < -0.3 is 10.8 Å². The molecule has 0 aliphatic rings. The third kappa shape index (κ3) is 10.7. The van der Waals surface area contributed by atoms with E-state index in [2.05, 4.69) is 0 Å². The summed E-state index contributed by atoms with van der Waals surface area (Å²) in [6, 6.07) is 0.887. The van der Waals surface area contributed by atoms with Gasteiger partial charge in [0.2, 0.25) is 10.0 Å². The van der Waals surface area contributed by atoms with E-state index in [1.807, 2.05) is 0 Å². The minimum Gasteiger partial charge on any atom is -0.390 e. The van der Waals surface area contributed by atoms with Crippen LogP contribution in [-0.2, 0) is 26.6 Å². The van der Waals surface area contributed by atoms with Gasteiger partial charge in [0.25, 0.3) is 15.8 Å². The number of hydrogen-bond donors (Lipinski definition) is 3. The van der Waals surface area contributed by atoms with Gasteiger partial charge in [-0.25, -0.2) is 8.42 Å². The lowest BCUT2D eigenvalue weighted by atomic mass is 10.0. The summed E-state index contributed by atoms with van der Waals surface area (Å²) in [5, 5.41) is 21.8. The quantitative estimate of drug-likeness (QED) is 0.237. The molecule has 0 saturated heterocycles. The van der Waals surface area contributed by atoms with Crippen LogP contribution >= 0.6 is 0 Å². The third-order valence-electron chi connectivity index (χ3n) is 4.11. The largest absolute Gasteiger partial charge is 0.390 e. The van der Waals surface area contributed by atoms with Gasteiger partial charge in [-0.05, 0) is 24.0 Å². The highest BCUT2D eigenvalue weighted by Crippen LogP contribution is 2.22. The second kappa shape index (κ2) is 12.9. The highest BCUT2D eigenvalue weighted by atomic mass is 32.2. The molecular formula is C21H31N3O8S2. The Morgan fingerprint density at radius 3 is 2.21 bits per heavy atom. The summed E-state index contributed by atoms with van der Waals surface area (Å²) < 4.78 is 92.4. The van der Waals surface area contributed by atoms with Crippen LogP contribution in [0.2, 0.25) is 0 Å². The Morgan fingerprint density at radius 1 is 1.15 bits per heavy atom. The number of nitro groups is 1. The Hall–Kier alpha value is -2.42. The molecule has 13 heteroatoms. The Kier molecular flexibility index (Phi) is 8.36. The van der Waals surface area contributed by atoms with Crippen molar-refractivity contribution in [1.29, 1.82) is 0 Å². The number of non-ortho nitro benzene ring substituents is 1. The van der Waals surface area contributed by atoms with Crippen LogP contribution in [0.15, 0.2) is 59.4 Å². The zero-order chi connectivity index (χ0) is 30.5. The van der Waals surface area contributed by atoms with Crippen molar-refractivity contribution in [3.63, 3.8) is 0 Å². The van der Waals surface area contributed by atoms with Gasteiger partial charge in [-0.1, -0.05) is 50.1 Å². The van der Waals surface area contributed by atoms with Crippen molar-refractivity contribution in [3.05, 3.63) is 70.2 Å². The molecule has 0 unspecified atom stereocenters. The van der Waals surface area contributed by atoms with E-state index in [1.54, 1.807) is 13.8 Å². The smallest absolute Gasteiger partial charge is 0.270 e. The highest BCUT2D eigenvalue weighted by Gasteiger charge is 2.30. The fourth-order valence-electron chi connectivity index (χ4n) is 2.68. The van der Waals surface area contributed by atoms with Gasteiger partial charge in [0.1, 0.15) is 0 Å². The highest BCUT2D eigenvalue weighted by molar-refractivity contribution is 7.89. The van der Waals surface area contributed by atoms with Gasteiger partial charge in [0, 0.05) is 31.3 Å². The van der Waals surface area contributed by atoms with E-state index in [0.717, 1.165) is 16.4 Å². The van der Waals surface area contributed by atoms with Crippen molar-refractivity contribution in [2.24, 2.45) is 11.7 Å². The molecule has 11 nitrogen and oxygen atoms in total. The summed E-state index contributed by atoms with van der Waals surface area (Å²) in [6.45, 7) is 3.05. The van der Waals surface area contributed by atoms with Gasteiger partial charge in [0.15, 0.2) is 0 Å². The average molecular weight is 523 g/mol. The number of sulfonamides is 1.